The second-order valence-corrected chi connectivity index (χ2v) is 3.31. The number of halogens is 2. The van der Waals surface area contributed by atoms with Crippen LogP contribution < -0.4 is 10.6 Å². The van der Waals surface area contributed by atoms with Crippen molar-refractivity contribution in [3.05, 3.63) is 12.3 Å². The van der Waals surface area contributed by atoms with Gasteiger partial charge in [0.15, 0.2) is 0 Å². The summed E-state index contributed by atoms with van der Waals surface area (Å²) in [7, 11) is 0. The van der Waals surface area contributed by atoms with E-state index in [1.165, 1.54) is 17.2 Å². The van der Waals surface area contributed by atoms with Gasteiger partial charge in [-0.25, -0.2) is 13.8 Å². The summed E-state index contributed by atoms with van der Waals surface area (Å²) in [5.41, 5.74) is 5.43. The highest BCUT2D eigenvalue weighted by atomic mass is 19.3. The lowest BCUT2D eigenvalue weighted by Gasteiger charge is -2.15. The molecule has 76 valence electrons. The minimum absolute atomic E-state index is 0.148. The van der Waals surface area contributed by atoms with Gasteiger partial charge in [-0.05, 0) is 6.07 Å². The Kier molecular flexibility index (Phi) is 1.98. The third-order valence-corrected chi connectivity index (χ3v) is 2.12. The highest BCUT2D eigenvalue weighted by Crippen LogP contribution is 2.28. The summed E-state index contributed by atoms with van der Waals surface area (Å²) in [6, 6.07) is 1.53. The Morgan fingerprint density at radius 3 is 2.86 bits per heavy atom. The Labute approximate surface area is 79.8 Å². The molecule has 1 aliphatic rings. The maximum absolute atomic E-state index is 12.9. The number of rotatable bonds is 1. The molecular formula is C8H10F2N4. The second kappa shape index (κ2) is 3.04. The summed E-state index contributed by atoms with van der Waals surface area (Å²) in [4.78, 5) is 9.21. The Morgan fingerprint density at radius 2 is 2.29 bits per heavy atom. The molecule has 0 unspecified atom stereocenters. The van der Waals surface area contributed by atoms with Gasteiger partial charge in [0, 0.05) is 19.2 Å². The maximum atomic E-state index is 12.9. The van der Waals surface area contributed by atoms with Crippen LogP contribution in [0, 0.1) is 0 Å². The van der Waals surface area contributed by atoms with E-state index in [9.17, 15) is 8.78 Å². The number of nitrogen functional groups attached to an aromatic ring is 1. The number of nitrogens with zero attached hydrogens (tertiary/aromatic N) is 3. The molecule has 1 aromatic rings. The van der Waals surface area contributed by atoms with Gasteiger partial charge in [0.25, 0.3) is 5.92 Å². The molecule has 2 heterocycles. The number of hydrogen-bond acceptors (Lipinski definition) is 4. The van der Waals surface area contributed by atoms with Crippen molar-refractivity contribution in [1.82, 2.24) is 9.97 Å². The van der Waals surface area contributed by atoms with Crippen molar-refractivity contribution in [2.24, 2.45) is 0 Å². The van der Waals surface area contributed by atoms with E-state index < -0.39 is 5.92 Å². The predicted octanol–water partition coefficient (Wildman–Crippen LogP) is 0.904. The fourth-order valence-corrected chi connectivity index (χ4v) is 1.42. The summed E-state index contributed by atoms with van der Waals surface area (Å²) in [6.07, 6.45) is 1.32. The van der Waals surface area contributed by atoms with E-state index in [0.29, 0.717) is 5.82 Å². The summed E-state index contributed by atoms with van der Waals surface area (Å²) >= 11 is 0. The van der Waals surface area contributed by atoms with Gasteiger partial charge in [-0.3, -0.25) is 0 Å². The van der Waals surface area contributed by atoms with Crippen LogP contribution in [0.3, 0.4) is 0 Å². The number of anilines is 2. The number of nitrogens with two attached hydrogens (primary N) is 1. The summed E-state index contributed by atoms with van der Waals surface area (Å²) < 4.78 is 25.7. The van der Waals surface area contributed by atoms with Crippen LogP contribution in [0.2, 0.25) is 0 Å². The Morgan fingerprint density at radius 1 is 1.50 bits per heavy atom. The van der Waals surface area contributed by atoms with Gasteiger partial charge < -0.3 is 10.6 Å². The molecule has 0 amide bonds. The average molecular weight is 200 g/mol. The van der Waals surface area contributed by atoms with Crippen molar-refractivity contribution in [3.63, 3.8) is 0 Å². The van der Waals surface area contributed by atoms with E-state index in [2.05, 4.69) is 9.97 Å². The van der Waals surface area contributed by atoms with Crippen LogP contribution in [0.5, 0.6) is 0 Å². The number of hydrogen-bond donors (Lipinski definition) is 1. The Balaban J connectivity index is 2.17. The first kappa shape index (κ1) is 9.11. The fraction of sp³-hybridized carbons (Fsp3) is 0.500. The van der Waals surface area contributed by atoms with E-state index in [1.54, 1.807) is 0 Å². The highest BCUT2D eigenvalue weighted by molar-refractivity contribution is 5.39. The van der Waals surface area contributed by atoms with E-state index in [1.807, 2.05) is 0 Å². The van der Waals surface area contributed by atoms with Crippen LogP contribution in [-0.4, -0.2) is 29.0 Å². The summed E-state index contributed by atoms with van der Waals surface area (Å²) in [6.45, 7) is -0.0487. The van der Waals surface area contributed by atoms with Crippen LogP contribution in [0.25, 0.3) is 0 Å². The largest absolute Gasteiger partial charge is 0.384 e. The predicted molar refractivity (Wildman–Crippen MR) is 48.2 cm³/mol. The van der Waals surface area contributed by atoms with E-state index in [4.69, 9.17) is 5.73 Å². The monoisotopic (exact) mass is 200 g/mol. The third kappa shape index (κ3) is 1.73. The van der Waals surface area contributed by atoms with Gasteiger partial charge in [0.2, 0.25) is 5.95 Å². The molecule has 1 fully saturated rings. The van der Waals surface area contributed by atoms with Crippen molar-refractivity contribution in [2.75, 3.05) is 23.7 Å². The van der Waals surface area contributed by atoms with Crippen molar-refractivity contribution >= 4 is 11.8 Å². The quantitative estimate of drug-likeness (QED) is 0.731. The number of alkyl halides is 2. The standard InChI is InChI=1S/C8H10F2N4/c9-8(10)2-4-14(5-8)7-12-3-1-6(11)13-7/h1,3H,2,4-5H2,(H2,11,12,13). The topological polar surface area (TPSA) is 55.0 Å². The molecule has 1 aromatic heterocycles. The van der Waals surface area contributed by atoms with Gasteiger partial charge in [-0.15, -0.1) is 0 Å². The maximum Gasteiger partial charge on any atom is 0.267 e. The van der Waals surface area contributed by atoms with Crippen LogP contribution in [0.1, 0.15) is 6.42 Å². The van der Waals surface area contributed by atoms with Gasteiger partial charge in [-0.2, -0.15) is 4.98 Å². The Bertz CT molecular complexity index is 342. The molecule has 0 aromatic carbocycles. The molecule has 4 nitrogen and oxygen atoms in total. The zero-order chi connectivity index (χ0) is 10.2. The van der Waals surface area contributed by atoms with Gasteiger partial charge in [-0.1, -0.05) is 0 Å². The average Bonchev–Trinajstić information content (AvgIpc) is 2.46. The fourth-order valence-electron chi connectivity index (χ4n) is 1.42. The van der Waals surface area contributed by atoms with Crippen molar-refractivity contribution in [2.45, 2.75) is 12.3 Å². The lowest BCUT2D eigenvalue weighted by Crippen LogP contribution is -2.26. The molecule has 0 saturated carbocycles. The third-order valence-electron chi connectivity index (χ3n) is 2.12. The van der Waals surface area contributed by atoms with Gasteiger partial charge in [0.05, 0.1) is 6.54 Å². The molecule has 0 aliphatic carbocycles. The van der Waals surface area contributed by atoms with E-state index in [0.717, 1.165) is 0 Å². The smallest absolute Gasteiger partial charge is 0.267 e. The molecule has 0 spiro atoms. The molecule has 1 aliphatic heterocycles. The van der Waals surface area contributed by atoms with Crippen molar-refractivity contribution in [3.8, 4) is 0 Å². The summed E-state index contributed by atoms with van der Waals surface area (Å²) in [5.74, 6) is -2.05. The Hall–Kier alpha value is -1.46. The van der Waals surface area contributed by atoms with E-state index in [-0.39, 0.29) is 25.5 Å². The molecule has 2 rings (SSSR count). The van der Waals surface area contributed by atoms with Gasteiger partial charge in [0.1, 0.15) is 5.82 Å². The molecule has 1 saturated heterocycles. The first-order valence-corrected chi connectivity index (χ1v) is 4.28. The SMILES string of the molecule is Nc1ccnc(N2CCC(F)(F)C2)n1. The van der Waals surface area contributed by atoms with Crippen LogP contribution in [0.4, 0.5) is 20.5 Å². The normalized spacial score (nSPS) is 20.0. The first-order chi connectivity index (χ1) is 6.57. The zero-order valence-corrected chi connectivity index (χ0v) is 7.45. The molecule has 0 atom stereocenters. The highest BCUT2D eigenvalue weighted by Gasteiger charge is 2.39. The van der Waals surface area contributed by atoms with Crippen LogP contribution in [0.15, 0.2) is 12.3 Å². The molecule has 0 bridgehead atoms. The van der Waals surface area contributed by atoms with Crippen LogP contribution >= 0.6 is 0 Å². The second-order valence-electron chi connectivity index (χ2n) is 3.31. The molecule has 14 heavy (non-hydrogen) atoms. The van der Waals surface area contributed by atoms with E-state index >= 15 is 0 Å². The molecule has 6 heteroatoms. The minimum Gasteiger partial charge on any atom is -0.384 e. The zero-order valence-electron chi connectivity index (χ0n) is 7.45. The molecule has 0 radical (unpaired) electrons. The lowest BCUT2D eigenvalue weighted by molar-refractivity contribution is 0.0256. The lowest BCUT2D eigenvalue weighted by atomic mass is 10.3. The molecular weight excluding hydrogens is 190 g/mol. The van der Waals surface area contributed by atoms with Crippen molar-refractivity contribution < 1.29 is 8.78 Å². The van der Waals surface area contributed by atoms with Gasteiger partial charge >= 0.3 is 0 Å². The molecule has 2 N–H and O–H groups in total. The summed E-state index contributed by atoms with van der Waals surface area (Å²) in [5, 5.41) is 0. The first-order valence-electron chi connectivity index (χ1n) is 4.28. The number of aromatic nitrogens is 2. The van der Waals surface area contributed by atoms with Crippen molar-refractivity contribution in [1.29, 1.82) is 0 Å². The van der Waals surface area contributed by atoms with Crippen LogP contribution in [-0.2, 0) is 0 Å². The minimum atomic E-state index is -2.63.